The molecule has 0 saturated heterocycles. The van der Waals surface area contributed by atoms with Gasteiger partial charge in [-0.05, 0) is 48.9 Å². The molecule has 0 aliphatic carbocycles. The SMILES string of the molecule is C[C@H](c1ccc(-n2cncn2)cc1)N(C)S(=O)(=O)c1ccc(C(F)(F)F)cc1. The molecule has 1 heterocycles. The zero-order valence-electron chi connectivity index (χ0n) is 15.0. The number of nitrogens with zero attached hydrogens (tertiary/aromatic N) is 4. The maximum absolute atomic E-state index is 12.8. The van der Waals surface area contributed by atoms with Crippen molar-refractivity contribution >= 4 is 10.0 Å². The highest BCUT2D eigenvalue weighted by Gasteiger charge is 2.32. The molecule has 148 valence electrons. The van der Waals surface area contributed by atoms with Crippen molar-refractivity contribution < 1.29 is 21.6 Å². The molecule has 3 rings (SSSR count). The summed E-state index contributed by atoms with van der Waals surface area (Å²) >= 11 is 0. The number of hydrogen-bond donors (Lipinski definition) is 0. The van der Waals surface area contributed by atoms with Crippen LogP contribution in [0.3, 0.4) is 0 Å². The molecule has 0 radical (unpaired) electrons. The van der Waals surface area contributed by atoms with Crippen LogP contribution in [-0.2, 0) is 16.2 Å². The molecule has 0 unspecified atom stereocenters. The first-order valence-corrected chi connectivity index (χ1v) is 9.65. The van der Waals surface area contributed by atoms with Gasteiger partial charge in [-0.2, -0.15) is 22.6 Å². The van der Waals surface area contributed by atoms with E-state index >= 15 is 0 Å². The maximum Gasteiger partial charge on any atom is 0.416 e. The molecule has 28 heavy (non-hydrogen) atoms. The van der Waals surface area contributed by atoms with Gasteiger partial charge in [-0.15, -0.1) is 0 Å². The minimum atomic E-state index is -4.52. The monoisotopic (exact) mass is 410 g/mol. The summed E-state index contributed by atoms with van der Waals surface area (Å²) in [5, 5.41) is 4.02. The van der Waals surface area contributed by atoms with Gasteiger partial charge in [0.25, 0.3) is 0 Å². The van der Waals surface area contributed by atoms with Gasteiger partial charge in [0, 0.05) is 13.1 Å². The Morgan fingerprint density at radius 1 is 1.04 bits per heavy atom. The highest BCUT2D eigenvalue weighted by Crippen LogP contribution is 2.31. The van der Waals surface area contributed by atoms with Gasteiger partial charge in [-0.1, -0.05) is 12.1 Å². The van der Waals surface area contributed by atoms with E-state index in [1.54, 1.807) is 42.2 Å². The molecule has 6 nitrogen and oxygen atoms in total. The zero-order chi connectivity index (χ0) is 20.5. The van der Waals surface area contributed by atoms with Crippen LogP contribution in [0.1, 0.15) is 24.1 Å². The summed E-state index contributed by atoms with van der Waals surface area (Å²) in [6.45, 7) is 1.70. The Hall–Kier alpha value is -2.72. The van der Waals surface area contributed by atoms with Crippen molar-refractivity contribution in [3.8, 4) is 5.69 Å². The average Bonchev–Trinajstić information content (AvgIpc) is 3.21. The van der Waals surface area contributed by atoms with E-state index in [0.29, 0.717) is 0 Å². The fraction of sp³-hybridized carbons (Fsp3) is 0.222. The number of halogens is 3. The highest BCUT2D eigenvalue weighted by atomic mass is 32.2. The van der Waals surface area contributed by atoms with Crippen molar-refractivity contribution in [3.05, 3.63) is 72.3 Å². The number of sulfonamides is 1. The van der Waals surface area contributed by atoms with E-state index in [1.807, 2.05) is 0 Å². The van der Waals surface area contributed by atoms with E-state index < -0.39 is 27.8 Å². The van der Waals surface area contributed by atoms with Gasteiger partial charge in [0.15, 0.2) is 0 Å². The first kappa shape index (κ1) is 20.0. The fourth-order valence-electron chi connectivity index (χ4n) is 2.65. The molecule has 10 heteroatoms. The Balaban J connectivity index is 1.82. The molecule has 0 amide bonds. The van der Waals surface area contributed by atoms with Crippen molar-refractivity contribution in [3.63, 3.8) is 0 Å². The predicted molar refractivity (Wildman–Crippen MR) is 96.2 cm³/mol. The third kappa shape index (κ3) is 3.92. The minimum absolute atomic E-state index is 0.200. The summed E-state index contributed by atoms with van der Waals surface area (Å²) < 4.78 is 66.3. The van der Waals surface area contributed by atoms with E-state index in [-0.39, 0.29) is 4.90 Å². The second kappa shape index (κ2) is 7.36. The van der Waals surface area contributed by atoms with Crippen molar-refractivity contribution in [2.24, 2.45) is 0 Å². The summed E-state index contributed by atoms with van der Waals surface area (Å²) in [5.41, 5.74) is 0.592. The van der Waals surface area contributed by atoms with Crippen molar-refractivity contribution in [1.82, 2.24) is 19.1 Å². The Bertz CT molecular complexity index is 1030. The van der Waals surface area contributed by atoms with Crippen molar-refractivity contribution in [2.45, 2.75) is 24.0 Å². The van der Waals surface area contributed by atoms with Crippen LogP contribution < -0.4 is 0 Å². The largest absolute Gasteiger partial charge is 0.416 e. The van der Waals surface area contributed by atoms with Crippen LogP contribution in [0.25, 0.3) is 5.69 Å². The van der Waals surface area contributed by atoms with Crippen LogP contribution in [0.15, 0.2) is 66.1 Å². The summed E-state index contributed by atoms with van der Waals surface area (Å²) in [6, 6.07) is 10.0. The average molecular weight is 410 g/mol. The third-order valence-electron chi connectivity index (χ3n) is 4.46. The predicted octanol–water partition coefficient (Wildman–Crippen LogP) is 3.67. The van der Waals surface area contributed by atoms with Gasteiger partial charge in [-0.25, -0.2) is 18.1 Å². The number of aromatic nitrogens is 3. The van der Waals surface area contributed by atoms with E-state index in [4.69, 9.17) is 0 Å². The normalized spacial score (nSPS) is 13.6. The number of hydrogen-bond acceptors (Lipinski definition) is 4. The third-order valence-corrected chi connectivity index (χ3v) is 6.41. The molecule has 0 N–H and O–H groups in total. The highest BCUT2D eigenvalue weighted by molar-refractivity contribution is 7.89. The topological polar surface area (TPSA) is 68.1 Å². The molecule has 2 aromatic carbocycles. The molecule has 0 aliphatic heterocycles. The van der Waals surface area contributed by atoms with Gasteiger partial charge in [0.05, 0.1) is 16.1 Å². The number of benzene rings is 2. The first-order chi connectivity index (χ1) is 13.1. The summed E-state index contributed by atoms with van der Waals surface area (Å²) in [7, 11) is -2.57. The summed E-state index contributed by atoms with van der Waals surface area (Å²) in [5.74, 6) is 0. The van der Waals surface area contributed by atoms with Crippen LogP contribution in [-0.4, -0.2) is 34.5 Å². The lowest BCUT2D eigenvalue weighted by atomic mass is 10.1. The van der Waals surface area contributed by atoms with Gasteiger partial charge in [0.2, 0.25) is 10.0 Å². The Kier molecular flexibility index (Phi) is 5.26. The summed E-state index contributed by atoms with van der Waals surface area (Å²) in [6.07, 6.45) is -1.58. The van der Waals surface area contributed by atoms with E-state index in [9.17, 15) is 21.6 Å². The van der Waals surface area contributed by atoms with Crippen LogP contribution in [0, 0.1) is 0 Å². The molecule has 0 saturated carbocycles. The number of alkyl halides is 3. The molecule has 0 aliphatic rings. The quantitative estimate of drug-likeness (QED) is 0.644. The molecule has 0 bridgehead atoms. The molecule has 1 aromatic heterocycles. The van der Waals surface area contributed by atoms with E-state index in [0.717, 1.165) is 39.8 Å². The standard InChI is InChI=1S/C18H17F3N4O2S/c1-13(14-3-7-16(8-4-14)25-12-22-11-23-25)24(2)28(26,27)17-9-5-15(6-10-17)18(19,20)21/h3-13H,1-2H3/t13-/m1/s1. The number of rotatable bonds is 5. The second-order valence-electron chi connectivity index (χ2n) is 6.15. The Morgan fingerprint density at radius 2 is 1.64 bits per heavy atom. The van der Waals surface area contributed by atoms with Crippen molar-refractivity contribution in [2.75, 3.05) is 7.05 Å². The second-order valence-corrected chi connectivity index (χ2v) is 8.15. The van der Waals surface area contributed by atoms with Gasteiger partial charge in [-0.3, -0.25) is 0 Å². The molecule has 0 fully saturated rings. The lowest BCUT2D eigenvalue weighted by Crippen LogP contribution is -2.29. The molecule has 0 spiro atoms. The molecule has 3 aromatic rings. The Morgan fingerprint density at radius 3 is 2.14 bits per heavy atom. The fourth-order valence-corrected chi connectivity index (χ4v) is 4.00. The van der Waals surface area contributed by atoms with Gasteiger partial charge >= 0.3 is 6.18 Å². The first-order valence-electron chi connectivity index (χ1n) is 8.21. The van der Waals surface area contributed by atoms with E-state index in [2.05, 4.69) is 10.1 Å². The van der Waals surface area contributed by atoms with Gasteiger partial charge < -0.3 is 0 Å². The smallest absolute Gasteiger partial charge is 0.223 e. The zero-order valence-corrected chi connectivity index (χ0v) is 15.8. The molecular weight excluding hydrogens is 393 g/mol. The lowest BCUT2D eigenvalue weighted by Gasteiger charge is -2.25. The minimum Gasteiger partial charge on any atom is -0.223 e. The lowest BCUT2D eigenvalue weighted by molar-refractivity contribution is -0.137. The van der Waals surface area contributed by atoms with Gasteiger partial charge in [0.1, 0.15) is 12.7 Å². The molecule has 1 atom stereocenters. The summed E-state index contributed by atoms with van der Waals surface area (Å²) in [4.78, 5) is 3.67. The Labute approximate surface area is 160 Å². The van der Waals surface area contributed by atoms with Crippen LogP contribution in [0.2, 0.25) is 0 Å². The van der Waals surface area contributed by atoms with Crippen LogP contribution in [0.5, 0.6) is 0 Å². The van der Waals surface area contributed by atoms with Crippen molar-refractivity contribution in [1.29, 1.82) is 0 Å². The molecular formula is C18H17F3N4O2S. The van der Waals surface area contributed by atoms with Crippen LogP contribution >= 0.6 is 0 Å². The van der Waals surface area contributed by atoms with E-state index in [1.165, 1.54) is 13.4 Å². The van der Waals surface area contributed by atoms with Crippen LogP contribution in [0.4, 0.5) is 13.2 Å². The maximum atomic E-state index is 12.8.